The summed E-state index contributed by atoms with van der Waals surface area (Å²) in [6.07, 6.45) is -5.19. The second-order valence-corrected chi connectivity index (χ2v) is 14.1. The summed E-state index contributed by atoms with van der Waals surface area (Å²) < 4.78 is 74.0. The van der Waals surface area contributed by atoms with Crippen LogP contribution in [0.4, 0.5) is 13.2 Å². The zero-order valence-corrected chi connectivity index (χ0v) is 28.5. The fourth-order valence-corrected chi connectivity index (χ4v) is 8.37. The van der Waals surface area contributed by atoms with E-state index in [2.05, 4.69) is 20.4 Å². The SMILES string of the molecule is C=C1C[C@H]2O[C@H]([C@H]3[C@@H]2[C@](C)(OC(C)=O)CC[C@@H]3C(C)C)[C@](C)(OC(=O)CCC)CC[C@@H]1OC(=O)[C@](OC)(c1ccccc1)C(F)(F)F. The number of halogens is 3. The summed E-state index contributed by atoms with van der Waals surface area (Å²) in [5.41, 5.74) is -5.61. The summed E-state index contributed by atoms with van der Waals surface area (Å²) in [7, 11) is 0.820. The van der Waals surface area contributed by atoms with E-state index in [0.29, 0.717) is 18.4 Å². The van der Waals surface area contributed by atoms with E-state index in [0.717, 1.165) is 25.7 Å². The molecule has 0 radical (unpaired) electrons. The Balaban J connectivity index is 1.79. The molecule has 3 fully saturated rings. The summed E-state index contributed by atoms with van der Waals surface area (Å²) in [5, 5.41) is 0. The minimum atomic E-state index is -5.15. The first-order valence-electron chi connectivity index (χ1n) is 16.6. The molecule has 1 aromatic carbocycles. The van der Waals surface area contributed by atoms with Crippen molar-refractivity contribution in [2.45, 2.75) is 128 Å². The minimum absolute atomic E-state index is 0.0322. The van der Waals surface area contributed by atoms with Gasteiger partial charge in [0, 0.05) is 37.9 Å². The molecule has 0 N–H and O–H groups in total. The van der Waals surface area contributed by atoms with Crippen molar-refractivity contribution < 1.29 is 51.2 Å². The van der Waals surface area contributed by atoms with Gasteiger partial charge in [-0.15, -0.1) is 0 Å². The zero-order valence-electron chi connectivity index (χ0n) is 28.5. The number of rotatable bonds is 9. The van der Waals surface area contributed by atoms with E-state index >= 15 is 0 Å². The highest BCUT2D eigenvalue weighted by atomic mass is 19.4. The summed E-state index contributed by atoms with van der Waals surface area (Å²) >= 11 is 0. The van der Waals surface area contributed by atoms with Gasteiger partial charge in [0.1, 0.15) is 23.4 Å². The number of ether oxygens (including phenoxy) is 5. The summed E-state index contributed by atoms with van der Waals surface area (Å²) in [6.45, 7) is 15.4. The van der Waals surface area contributed by atoms with Crippen molar-refractivity contribution in [3.05, 3.63) is 48.0 Å². The summed E-state index contributed by atoms with van der Waals surface area (Å²) in [5.74, 6) is -2.59. The van der Waals surface area contributed by atoms with Gasteiger partial charge in [-0.25, -0.2) is 4.79 Å². The lowest BCUT2D eigenvalue weighted by atomic mass is 9.57. The molecule has 1 aromatic rings. The van der Waals surface area contributed by atoms with Crippen LogP contribution in [0.15, 0.2) is 42.5 Å². The lowest BCUT2D eigenvalue weighted by Crippen LogP contribution is -2.57. The highest BCUT2D eigenvalue weighted by Crippen LogP contribution is 2.58. The van der Waals surface area contributed by atoms with Crippen molar-refractivity contribution >= 4 is 17.9 Å². The molecule has 2 bridgehead atoms. The number of esters is 3. The number of fused-ring (bicyclic) bond motifs is 5. The largest absolute Gasteiger partial charge is 0.459 e. The third-order valence-corrected chi connectivity index (χ3v) is 10.5. The smallest absolute Gasteiger partial charge is 0.432 e. The van der Waals surface area contributed by atoms with Crippen LogP contribution in [-0.2, 0) is 43.7 Å². The Labute approximate surface area is 275 Å². The van der Waals surface area contributed by atoms with Crippen molar-refractivity contribution in [1.82, 2.24) is 0 Å². The quantitative estimate of drug-likeness (QED) is 0.155. The normalized spacial score (nSPS) is 33.9. The Morgan fingerprint density at radius 2 is 1.68 bits per heavy atom. The van der Waals surface area contributed by atoms with Crippen molar-refractivity contribution in [3.63, 3.8) is 0 Å². The molecule has 4 rings (SSSR count). The van der Waals surface area contributed by atoms with Gasteiger partial charge in [-0.05, 0) is 69.8 Å². The van der Waals surface area contributed by atoms with Gasteiger partial charge in [0.2, 0.25) is 0 Å². The van der Waals surface area contributed by atoms with Crippen molar-refractivity contribution in [2.24, 2.45) is 23.7 Å². The number of hydrogen-bond acceptors (Lipinski definition) is 8. The van der Waals surface area contributed by atoms with E-state index in [1.165, 1.54) is 25.1 Å². The van der Waals surface area contributed by atoms with E-state index in [4.69, 9.17) is 23.7 Å². The van der Waals surface area contributed by atoms with Crippen molar-refractivity contribution in [1.29, 1.82) is 0 Å². The molecule has 0 unspecified atom stereocenters. The topological polar surface area (TPSA) is 97.4 Å². The molecule has 8 nitrogen and oxygen atoms in total. The number of carbonyl (C=O) groups is 3. The molecule has 1 aliphatic carbocycles. The van der Waals surface area contributed by atoms with Crippen LogP contribution in [-0.4, -0.2) is 60.7 Å². The van der Waals surface area contributed by atoms with Gasteiger partial charge in [-0.3, -0.25) is 9.59 Å². The lowest BCUT2D eigenvalue weighted by molar-refractivity contribution is -0.278. The fraction of sp³-hybridized carbons (Fsp3) is 0.694. The van der Waals surface area contributed by atoms with Gasteiger partial charge < -0.3 is 23.7 Å². The van der Waals surface area contributed by atoms with Gasteiger partial charge in [0.05, 0.1) is 6.10 Å². The Morgan fingerprint density at radius 1 is 1.04 bits per heavy atom. The molecule has 1 saturated carbocycles. The first-order valence-corrected chi connectivity index (χ1v) is 16.6. The molecule has 262 valence electrons. The van der Waals surface area contributed by atoms with Crippen LogP contribution in [0.1, 0.15) is 92.1 Å². The highest BCUT2D eigenvalue weighted by Gasteiger charge is 2.66. The van der Waals surface area contributed by atoms with Gasteiger partial charge in [0.25, 0.3) is 5.60 Å². The predicted molar refractivity (Wildman–Crippen MR) is 167 cm³/mol. The third kappa shape index (κ3) is 6.98. The van der Waals surface area contributed by atoms with Crippen molar-refractivity contribution in [2.75, 3.05) is 7.11 Å². The molecule has 2 aliphatic heterocycles. The van der Waals surface area contributed by atoms with E-state index in [1.54, 1.807) is 6.92 Å². The molecular formula is C36H49F3O8. The first-order chi connectivity index (χ1) is 21.9. The first kappa shape index (κ1) is 36.9. The standard InChI is InChI=1S/C36H49F3O8/c1-9-13-28(41)47-34(7)19-17-26(45-32(42)35(43-8,36(37,38)39)24-14-11-10-12-15-24)22(4)20-27-30-29(31(34)44-27)25(21(2)3)16-18-33(30,6)46-23(5)40/h10-12,14-15,21,25-27,29-31H,4,9,13,16-20H2,1-3,5-8H3/t25-,26+,27-,29-,30-,31-,33-,34-,35-/m1/s1. The average Bonchev–Trinajstić information content (AvgIpc) is 3.37. The van der Waals surface area contributed by atoms with E-state index in [-0.39, 0.29) is 49.4 Å². The molecule has 0 aromatic heterocycles. The van der Waals surface area contributed by atoms with Crippen LogP contribution >= 0.6 is 0 Å². The minimum Gasteiger partial charge on any atom is -0.459 e. The molecular weight excluding hydrogens is 617 g/mol. The van der Waals surface area contributed by atoms with Gasteiger partial charge in [-0.1, -0.05) is 57.7 Å². The van der Waals surface area contributed by atoms with Crippen LogP contribution in [0.2, 0.25) is 0 Å². The maximum Gasteiger partial charge on any atom is 0.432 e. The molecule has 11 heteroatoms. The van der Waals surface area contributed by atoms with E-state index < -0.39 is 64.8 Å². The molecule has 0 amide bonds. The van der Waals surface area contributed by atoms with E-state index in [9.17, 15) is 27.6 Å². The van der Waals surface area contributed by atoms with Crippen LogP contribution in [0, 0.1) is 23.7 Å². The van der Waals surface area contributed by atoms with Gasteiger partial charge >= 0.3 is 24.1 Å². The van der Waals surface area contributed by atoms with Crippen LogP contribution in [0.3, 0.4) is 0 Å². The molecule has 9 atom stereocenters. The lowest BCUT2D eigenvalue weighted by Gasteiger charge is -2.50. The molecule has 0 spiro atoms. The van der Waals surface area contributed by atoms with Crippen LogP contribution < -0.4 is 0 Å². The highest BCUT2D eigenvalue weighted by molar-refractivity contribution is 5.83. The number of alkyl halides is 3. The second-order valence-electron chi connectivity index (χ2n) is 14.1. The van der Waals surface area contributed by atoms with E-state index in [1.807, 2.05) is 13.8 Å². The Morgan fingerprint density at radius 3 is 2.23 bits per heavy atom. The summed E-state index contributed by atoms with van der Waals surface area (Å²) in [4.78, 5) is 39.2. The van der Waals surface area contributed by atoms with Gasteiger partial charge in [0.15, 0.2) is 0 Å². The number of benzene rings is 1. The Bertz CT molecular complexity index is 1310. The molecule has 2 saturated heterocycles. The Hall–Kier alpha value is -2.92. The predicted octanol–water partition coefficient (Wildman–Crippen LogP) is 7.23. The molecule has 2 heterocycles. The summed E-state index contributed by atoms with van der Waals surface area (Å²) in [6, 6.07) is 6.63. The van der Waals surface area contributed by atoms with Gasteiger partial charge in [-0.2, -0.15) is 13.2 Å². The van der Waals surface area contributed by atoms with Crippen LogP contribution in [0.5, 0.6) is 0 Å². The second kappa shape index (κ2) is 13.9. The number of hydrogen-bond donors (Lipinski definition) is 0. The average molecular weight is 667 g/mol. The Kier molecular flexibility index (Phi) is 10.9. The zero-order chi connectivity index (χ0) is 34.9. The monoisotopic (exact) mass is 666 g/mol. The fourth-order valence-electron chi connectivity index (χ4n) is 8.37. The van der Waals surface area contributed by atoms with Crippen molar-refractivity contribution in [3.8, 4) is 0 Å². The third-order valence-electron chi connectivity index (χ3n) is 10.5. The number of carbonyl (C=O) groups excluding carboxylic acids is 3. The van der Waals surface area contributed by atoms with Crippen LogP contribution in [0.25, 0.3) is 0 Å². The molecule has 3 aliphatic rings. The maximum absolute atomic E-state index is 14.7. The maximum atomic E-state index is 14.7. The molecule has 47 heavy (non-hydrogen) atoms. The number of methoxy groups -OCH3 is 1.